The molecule has 0 spiro atoms. The van der Waals surface area contributed by atoms with Crippen molar-refractivity contribution in [3.8, 4) is 40.3 Å². The van der Waals surface area contributed by atoms with Crippen LogP contribution in [0.15, 0.2) is 176 Å². The van der Waals surface area contributed by atoms with Gasteiger partial charge in [0.05, 0.1) is 73.4 Å². The van der Waals surface area contributed by atoms with Crippen LogP contribution in [0.4, 0.5) is 0 Å². The maximum absolute atomic E-state index is 10.2. The van der Waals surface area contributed by atoms with E-state index in [-0.39, 0.29) is 0 Å². The van der Waals surface area contributed by atoms with Gasteiger partial charge < -0.3 is 13.7 Å². The quantitative estimate of drug-likeness (QED) is 0.184. The first-order valence-corrected chi connectivity index (χ1v) is 18.3. The molecule has 5 nitrogen and oxygen atoms in total. The van der Waals surface area contributed by atoms with Crippen LogP contribution in [0.25, 0.3) is 93.6 Å². The van der Waals surface area contributed by atoms with Gasteiger partial charge in [-0.25, -0.2) is 0 Å². The number of para-hydroxylation sites is 6. The summed E-state index contributed by atoms with van der Waals surface area (Å²) < 4.78 is 7.08. The zero-order valence-corrected chi connectivity index (χ0v) is 29.5. The first-order chi connectivity index (χ1) is 27.2. The molecule has 0 saturated heterocycles. The van der Waals surface area contributed by atoms with Gasteiger partial charge in [0.25, 0.3) is 0 Å². The Morgan fingerprint density at radius 1 is 0.309 bits per heavy atom. The average molecular weight is 700 g/mol. The number of hydrogen-bond donors (Lipinski definition) is 0. The Labute approximate surface area is 316 Å². The van der Waals surface area contributed by atoms with Crippen LogP contribution in [0.2, 0.25) is 0 Å². The average Bonchev–Trinajstić information content (AvgIpc) is 3.89. The second-order valence-corrected chi connectivity index (χ2v) is 14.0. The van der Waals surface area contributed by atoms with Gasteiger partial charge in [0.15, 0.2) is 0 Å². The van der Waals surface area contributed by atoms with E-state index >= 15 is 0 Å². The molecular formula is C50H29N5. The van der Waals surface area contributed by atoms with Gasteiger partial charge in [-0.05, 0) is 66.7 Å². The normalized spacial score (nSPS) is 11.6. The number of benzene rings is 8. The van der Waals surface area contributed by atoms with Gasteiger partial charge in [-0.2, -0.15) is 10.5 Å². The minimum atomic E-state index is 0.571. The van der Waals surface area contributed by atoms with Gasteiger partial charge in [0.1, 0.15) is 0 Å². The maximum Gasteiger partial charge on any atom is 0.0992 e. The molecule has 55 heavy (non-hydrogen) atoms. The minimum absolute atomic E-state index is 0.571. The van der Waals surface area contributed by atoms with Gasteiger partial charge in [-0.3, -0.25) is 0 Å². The molecule has 0 N–H and O–H groups in total. The Kier molecular flexibility index (Phi) is 6.61. The van der Waals surface area contributed by atoms with Crippen molar-refractivity contribution in [3.05, 3.63) is 187 Å². The lowest BCUT2D eigenvalue weighted by atomic mass is 9.99. The van der Waals surface area contributed by atoms with Crippen molar-refractivity contribution in [3.63, 3.8) is 0 Å². The summed E-state index contributed by atoms with van der Waals surface area (Å²) in [7, 11) is 0. The van der Waals surface area contributed by atoms with E-state index < -0.39 is 0 Å². The molecule has 0 saturated carbocycles. The van der Waals surface area contributed by atoms with Crippen LogP contribution in [0.3, 0.4) is 0 Å². The van der Waals surface area contributed by atoms with Crippen molar-refractivity contribution in [1.29, 1.82) is 10.5 Å². The van der Waals surface area contributed by atoms with Crippen molar-refractivity contribution in [2.75, 3.05) is 0 Å². The highest BCUT2D eigenvalue weighted by molar-refractivity contribution is 6.16. The molecule has 0 bridgehead atoms. The monoisotopic (exact) mass is 699 g/mol. The fraction of sp³-hybridized carbons (Fsp3) is 0. The number of nitriles is 2. The van der Waals surface area contributed by atoms with Crippen LogP contribution in [0, 0.1) is 22.7 Å². The molecule has 3 heterocycles. The summed E-state index contributed by atoms with van der Waals surface area (Å²) in [5.41, 5.74) is 12.7. The molecule has 0 aliphatic carbocycles. The maximum atomic E-state index is 10.2. The summed E-state index contributed by atoms with van der Waals surface area (Å²) in [6, 6.07) is 66.0. The molecule has 0 aliphatic heterocycles. The van der Waals surface area contributed by atoms with Gasteiger partial charge in [-0.1, -0.05) is 109 Å². The standard InChI is InChI=1S/C50H29N5/c51-30-32-25-27-47-41(28-32)38-16-5-8-20-44(38)54(47)49-29-33(31-52)24-26-39(49)36-14-3-9-21-45(36)55-46-22-10-4-15-37(46)40-17-11-23-48(50(40)55)53-42-18-6-1-12-34(42)35-13-2-7-19-43(35)53/h1-29H. The first-order valence-electron chi connectivity index (χ1n) is 18.3. The van der Waals surface area contributed by atoms with E-state index in [0.29, 0.717) is 11.1 Å². The summed E-state index contributed by atoms with van der Waals surface area (Å²) in [5.74, 6) is 0. The molecule has 0 fully saturated rings. The summed E-state index contributed by atoms with van der Waals surface area (Å²) in [5, 5.41) is 26.9. The van der Waals surface area contributed by atoms with E-state index in [1.165, 1.54) is 21.5 Å². The molecule has 11 aromatic rings. The number of nitrogens with zero attached hydrogens (tertiary/aromatic N) is 5. The van der Waals surface area contributed by atoms with Crippen LogP contribution < -0.4 is 0 Å². The lowest BCUT2D eigenvalue weighted by Crippen LogP contribution is -2.04. The molecule has 0 radical (unpaired) electrons. The molecule has 0 amide bonds. The Morgan fingerprint density at radius 2 is 0.745 bits per heavy atom. The van der Waals surface area contributed by atoms with Gasteiger partial charge in [-0.15, -0.1) is 0 Å². The van der Waals surface area contributed by atoms with Gasteiger partial charge in [0.2, 0.25) is 0 Å². The predicted molar refractivity (Wildman–Crippen MR) is 224 cm³/mol. The van der Waals surface area contributed by atoms with Gasteiger partial charge in [0, 0.05) is 43.4 Å². The van der Waals surface area contributed by atoms with Crippen molar-refractivity contribution < 1.29 is 0 Å². The molecular weight excluding hydrogens is 671 g/mol. The smallest absolute Gasteiger partial charge is 0.0992 e. The third-order valence-corrected chi connectivity index (χ3v) is 11.1. The zero-order chi connectivity index (χ0) is 36.6. The van der Waals surface area contributed by atoms with Crippen LogP contribution in [0.5, 0.6) is 0 Å². The molecule has 3 aromatic heterocycles. The predicted octanol–water partition coefficient (Wildman–Crippen LogP) is 12.4. The largest absolute Gasteiger partial charge is 0.309 e. The van der Waals surface area contributed by atoms with Crippen LogP contribution >= 0.6 is 0 Å². The molecule has 8 aromatic carbocycles. The third-order valence-electron chi connectivity index (χ3n) is 11.1. The molecule has 5 heteroatoms. The first kappa shape index (κ1) is 30.7. The van der Waals surface area contributed by atoms with E-state index in [4.69, 9.17) is 0 Å². The van der Waals surface area contributed by atoms with E-state index in [1.807, 2.05) is 42.5 Å². The Hall–Kier alpha value is -7.86. The Balaban J connectivity index is 1.26. The van der Waals surface area contributed by atoms with E-state index in [2.05, 4.69) is 159 Å². The minimum Gasteiger partial charge on any atom is -0.309 e. The summed E-state index contributed by atoms with van der Waals surface area (Å²) >= 11 is 0. The van der Waals surface area contributed by atoms with Crippen LogP contribution in [-0.4, -0.2) is 13.7 Å². The zero-order valence-electron chi connectivity index (χ0n) is 29.5. The summed E-state index contributed by atoms with van der Waals surface area (Å²) in [4.78, 5) is 0. The van der Waals surface area contributed by atoms with E-state index in [0.717, 1.165) is 72.1 Å². The van der Waals surface area contributed by atoms with E-state index in [9.17, 15) is 10.5 Å². The lowest BCUT2D eigenvalue weighted by Gasteiger charge is -2.20. The number of fused-ring (bicyclic) bond motifs is 9. The number of aromatic nitrogens is 3. The highest BCUT2D eigenvalue weighted by Crippen LogP contribution is 2.43. The Bertz CT molecular complexity index is 3420. The molecule has 0 atom stereocenters. The second kappa shape index (κ2) is 11.8. The van der Waals surface area contributed by atoms with Crippen molar-refractivity contribution in [2.24, 2.45) is 0 Å². The second-order valence-electron chi connectivity index (χ2n) is 14.0. The molecule has 0 unspecified atom stereocenters. The number of hydrogen-bond acceptors (Lipinski definition) is 2. The lowest BCUT2D eigenvalue weighted by molar-refractivity contribution is 1.13. The fourth-order valence-corrected chi connectivity index (χ4v) is 8.83. The van der Waals surface area contributed by atoms with Crippen molar-refractivity contribution >= 4 is 65.4 Å². The highest BCUT2D eigenvalue weighted by Gasteiger charge is 2.23. The van der Waals surface area contributed by atoms with Crippen LogP contribution in [0.1, 0.15) is 11.1 Å². The Morgan fingerprint density at radius 3 is 1.40 bits per heavy atom. The van der Waals surface area contributed by atoms with Crippen molar-refractivity contribution in [1.82, 2.24) is 13.7 Å². The highest BCUT2D eigenvalue weighted by atomic mass is 15.1. The van der Waals surface area contributed by atoms with Crippen LogP contribution in [-0.2, 0) is 0 Å². The SMILES string of the molecule is N#Cc1ccc(-c2ccccc2-n2c3ccccc3c3cccc(-n4c5ccccc5c5ccccc54)c32)c(-n2c3ccccc3c3cc(C#N)ccc32)c1. The summed E-state index contributed by atoms with van der Waals surface area (Å²) in [6.45, 7) is 0. The third kappa shape index (κ3) is 4.39. The number of rotatable bonds is 4. The molecule has 11 rings (SSSR count). The molecule has 254 valence electrons. The van der Waals surface area contributed by atoms with E-state index in [1.54, 1.807) is 0 Å². The summed E-state index contributed by atoms with van der Waals surface area (Å²) in [6.07, 6.45) is 0. The van der Waals surface area contributed by atoms with Crippen molar-refractivity contribution in [2.45, 2.75) is 0 Å². The topological polar surface area (TPSA) is 62.4 Å². The molecule has 0 aliphatic rings. The van der Waals surface area contributed by atoms with Gasteiger partial charge >= 0.3 is 0 Å². The fourth-order valence-electron chi connectivity index (χ4n) is 8.83.